The number of hydrogen-bond acceptors (Lipinski definition) is 4. The highest BCUT2D eigenvalue weighted by molar-refractivity contribution is 7.89. The quantitative estimate of drug-likeness (QED) is 0.790. The van der Waals surface area contributed by atoms with Crippen LogP contribution in [-0.2, 0) is 21.4 Å². The lowest BCUT2D eigenvalue weighted by Gasteiger charge is -2.18. The number of rotatable bonds is 6. The van der Waals surface area contributed by atoms with Crippen LogP contribution in [0.1, 0.15) is 11.1 Å². The van der Waals surface area contributed by atoms with Crippen molar-refractivity contribution in [3.63, 3.8) is 0 Å². The topological polar surface area (TPSA) is 90.3 Å². The third-order valence-electron chi connectivity index (χ3n) is 3.56. The van der Waals surface area contributed by atoms with Crippen LogP contribution >= 0.6 is 23.2 Å². The van der Waals surface area contributed by atoms with Crippen molar-refractivity contribution >= 4 is 39.1 Å². The van der Waals surface area contributed by atoms with Crippen molar-refractivity contribution in [2.45, 2.75) is 11.4 Å². The third-order valence-corrected chi connectivity index (χ3v) is 5.61. The number of carbonyl (C=O) groups excluding carboxylic acids is 1. The van der Waals surface area contributed by atoms with Crippen LogP contribution in [0.25, 0.3) is 0 Å². The molecule has 0 aromatic heterocycles. The van der Waals surface area contributed by atoms with Gasteiger partial charge in [-0.15, -0.1) is 0 Å². The molecule has 0 saturated heterocycles. The first-order valence-electron chi connectivity index (χ1n) is 7.41. The molecule has 0 saturated carbocycles. The van der Waals surface area contributed by atoms with Gasteiger partial charge in [0.15, 0.2) is 0 Å². The fraction of sp³-hybridized carbons (Fsp3) is 0.176. The molecule has 0 aliphatic heterocycles. The summed E-state index contributed by atoms with van der Waals surface area (Å²) >= 11 is 11.9. The third kappa shape index (κ3) is 4.96. The molecule has 2 rings (SSSR count). The number of amides is 1. The van der Waals surface area contributed by atoms with Gasteiger partial charge in [0.05, 0.1) is 17.0 Å². The first-order valence-corrected chi connectivity index (χ1v) is 9.65. The number of hydrogen-bond donors (Lipinski definition) is 1. The number of nitrogens with one attached hydrogen (secondary N) is 1. The summed E-state index contributed by atoms with van der Waals surface area (Å²) in [4.78, 5) is 13.4. The SMILES string of the molecule is CN(Cc1ccc(Cl)cc1Cl)C(=O)CNS(=O)(=O)c1ccccc1C#N. The van der Waals surface area contributed by atoms with Crippen LogP contribution in [0.3, 0.4) is 0 Å². The smallest absolute Gasteiger partial charge is 0.242 e. The Morgan fingerprint density at radius 2 is 1.92 bits per heavy atom. The molecule has 0 unspecified atom stereocenters. The molecule has 0 spiro atoms. The summed E-state index contributed by atoms with van der Waals surface area (Å²) in [7, 11) is -2.45. The molecular formula is C17H15Cl2N3O3S. The molecule has 0 aliphatic rings. The van der Waals surface area contributed by atoms with E-state index in [0.717, 1.165) is 0 Å². The minimum atomic E-state index is -3.98. The van der Waals surface area contributed by atoms with Crippen molar-refractivity contribution in [1.82, 2.24) is 9.62 Å². The molecule has 1 N–H and O–H groups in total. The zero-order chi connectivity index (χ0) is 19.3. The second kappa shape index (κ2) is 8.52. The molecule has 9 heteroatoms. The van der Waals surface area contributed by atoms with Crippen molar-refractivity contribution in [2.75, 3.05) is 13.6 Å². The molecule has 0 aliphatic carbocycles. The van der Waals surface area contributed by atoms with Gasteiger partial charge in [-0.05, 0) is 29.8 Å². The highest BCUT2D eigenvalue weighted by Crippen LogP contribution is 2.22. The van der Waals surface area contributed by atoms with Crippen LogP contribution < -0.4 is 4.72 Å². The zero-order valence-corrected chi connectivity index (χ0v) is 16.1. The number of nitriles is 1. The summed E-state index contributed by atoms with van der Waals surface area (Å²) in [5.74, 6) is -0.450. The van der Waals surface area contributed by atoms with Crippen LogP contribution in [0.5, 0.6) is 0 Å². The van der Waals surface area contributed by atoms with E-state index in [2.05, 4.69) is 4.72 Å². The van der Waals surface area contributed by atoms with Crippen molar-refractivity contribution in [3.8, 4) is 6.07 Å². The van der Waals surface area contributed by atoms with Crippen molar-refractivity contribution < 1.29 is 13.2 Å². The van der Waals surface area contributed by atoms with Gasteiger partial charge in [0.1, 0.15) is 6.07 Å². The minimum Gasteiger partial charge on any atom is -0.340 e. The van der Waals surface area contributed by atoms with E-state index in [1.54, 1.807) is 24.3 Å². The highest BCUT2D eigenvalue weighted by atomic mass is 35.5. The molecule has 26 heavy (non-hydrogen) atoms. The Labute approximate surface area is 162 Å². The number of likely N-dealkylation sites (N-methyl/N-ethyl adjacent to an activating group) is 1. The van der Waals surface area contributed by atoms with Gasteiger partial charge < -0.3 is 4.90 Å². The van der Waals surface area contributed by atoms with Crippen LogP contribution in [0, 0.1) is 11.3 Å². The van der Waals surface area contributed by atoms with E-state index in [0.29, 0.717) is 15.6 Å². The lowest BCUT2D eigenvalue weighted by Crippen LogP contribution is -2.38. The first-order chi connectivity index (χ1) is 12.2. The number of nitrogens with zero attached hydrogens (tertiary/aromatic N) is 2. The van der Waals surface area contributed by atoms with Gasteiger partial charge in [0, 0.05) is 23.6 Å². The maximum Gasteiger partial charge on any atom is 0.242 e. The average Bonchev–Trinajstić information content (AvgIpc) is 2.62. The maximum absolute atomic E-state index is 12.3. The Hall–Kier alpha value is -2.11. The fourth-order valence-corrected chi connectivity index (χ4v) is 3.75. The summed E-state index contributed by atoms with van der Waals surface area (Å²) < 4.78 is 26.9. The van der Waals surface area contributed by atoms with E-state index in [-0.39, 0.29) is 17.0 Å². The number of halogens is 2. The van der Waals surface area contributed by atoms with Gasteiger partial charge in [-0.3, -0.25) is 4.79 Å². The largest absolute Gasteiger partial charge is 0.340 e. The molecule has 0 fully saturated rings. The van der Waals surface area contributed by atoms with Crippen molar-refractivity contribution in [3.05, 3.63) is 63.6 Å². The van der Waals surface area contributed by atoms with E-state index in [4.69, 9.17) is 28.5 Å². The normalized spacial score (nSPS) is 11.0. The van der Waals surface area contributed by atoms with E-state index in [1.165, 1.54) is 30.1 Å². The monoisotopic (exact) mass is 411 g/mol. The summed E-state index contributed by atoms with van der Waals surface area (Å²) in [6.07, 6.45) is 0. The number of carbonyl (C=O) groups is 1. The van der Waals surface area contributed by atoms with Crippen molar-refractivity contribution in [2.24, 2.45) is 0 Å². The molecule has 2 aromatic carbocycles. The zero-order valence-electron chi connectivity index (χ0n) is 13.7. The summed E-state index contributed by atoms with van der Waals surface area (Å²) in [6.45, 7) is -0.241. The van der Waals surface area contributed by atoms with Crippen LogP contribution in [-0.4, -0.2) is 32.8 Å². The lowest BCUT2D eigenvalue weighted by atomic mass is 10.2. The second-order valence-corrected chi connectivity index (χ2v) is 8.00. The molecule has 1 amide bonds. The highest BCUT2D eigenvalue weighted by Gasteiger charge is 2.20. The van der Waals surface area contributed by atoms with Gasteiger partial charge in [-0.25, -0.2) is 13.1 Å². The molecule has 0 bridgehead atoms. The Morgan fingerprint density at radius 3 is 2.58 bits per heavy atom. The standard InChI is InChI=1S/C17H15Cl2N3O3S/c1-22(11-13-6-7-14(18)8-15(13)19)17(23)10-21-26(24,25)16-5-3-2-4-12(16)9-20/h2-8,21H,10-11H2,1H3. The molecule has 0 heterocycles. The molecule has 6 nitrogen and oxygen atoms in total. The first kappa shape index (κ1) is 20.2. The Balaban J connectivity index is 2.04. The molecule has 2 aromatic rings. The predicted octanol–water partition coefficient (Wildman–Crippen LogP) is 2.80. The van der Waals surface area contributed by atoms with E-state index < -0.39 is 22.5 Å². The molecule has 0 radical (unpaired) electrons. The lowest BCUT2D eigenvalue weighted by molar-refractivity contribution is -0.129. The van der Waals surface area contributed by atoms with Crippen LogP contribution in [0.4, 0.5) is 0 Å². The van der Waals surface area contributed by atoms with Gasteiger partial charge in [-0.2, -0.15) is 5.26 Å². The van der Waals surface area contributed by atoms with Crippen LogP contribution in [0.2, 0.25) is 10.0 Å². The van der Waals surface area contributed by atoms with Gasteiger partial charge in [0.25, 0.3) is 0 Å². The summed E-state index contributed by atoms with van der Waals surface area (Å²) in [5.41, 5.74) is 0.693. The number of benzene rings is 2. The number of sulfonamides is 1. The average molecular weight is 412 g/mol. The Bertz CT molecular complexity index is 971. The summed E-state index contributed by atoms with van der Waals surface area (Å²) in [6, 6.07) is 12.5. The molecule has 136 valence electrons. The van der Waals surface area contributed by atoms with Gasteiger partial charge in [-0.1, -0.05) is 41.4 Å². The van der Waals surface area contributed by atoms with E-state index >= 15 is 0 Å². The van der Waals surface area contributed by atoms with Crippen molar-refractivity contribution in [1.29, 1.82) is 5.26 Å². The maximum atomic E-state index is 12.3. The molecular weight excluding hydrogens is 397 g/mol. The van der Waals surface area contributed by atoms with E-state index in [1.807, 2.05) is 6.07 Å². The minimum absolute atomic E-state index is 0.00810. The summed E-state index contributed by atoms with van der Waals surface area (Å²) in [5, 5.41) is 9.92. The van der Waals surface area contributed by atoms with Crippen LogP contribution in [0.15, 0.2) is 47.4 Å². The van der Waals surface area contributed by atoms with Gasteiger partial charge >= 0.3 is 0 Å². The Morgan fingerprint density at radius 1 is 1.23 bits per heavy atom. The van der Waals surface area contributed by atoms with Gasteiger partial charge in [0.2, 0.25) is 15.9 Å². The predicted molar refractivity (Wildman–Crippen MR) is 99.3 cm³/mol. The van der Waals surface area contributed by atoms with E-state index in [9.17, 15) is 13.2 Å². The second-order valence-electron chi connectivity index (χ2n) is 5.42. The fourth-order valence-electron chi connectivity index (χ4n) is 2.16. The Kier molecular flexibility index (Phi) is 6.62. The molecule has 0 atom stereocenters.